The molecule has 0 radical (unpaired) electrons. The number of hydrogen-bond acceptors (Lipinski definition) is 5. The second-order valence-electron chi connectivity index (χ2n) is 9.09. The maximum Gasteiger partial charge on any atom is 0.216 e. The Morgan fingerprint density at radius 1 is 0.769 bits per heavy atom. The zero-order chi connectivity index (χ0) is 27.8. The first-order valence-electron chi connectivity index (χ1n) is 12.8. The van der Waals surface area contributed by atoms with Crippen LogP contribution in [0.4, 0.5) is 0 Å². The molecule has 0 aliphatic carbocycles. The molecule has 1 aromatic heterocycles. The van der Waals surface area contributed by atoms with Crippen molar-refractivity contribution in [3.05, 3.63) is 92.9 Å². The second kappa shape index (κ2) is 14.1. The highest BCUT2D eigenvalue weighted by atomic mass is 35.5. The van der Waals surface area contributed by atoms with Gasteiger partial charge in [0.25, 0.3) is 0 Å². The molecule has 0 amide bonds. The highest BCUT2D eigenvalue weighted by Gasteiger charge is 2.18. The maximum absolute atomic E-state index is 9.09. The van der Waals surface area contributed by atoms with E-state index in [0.717, 1.165) is 58.2 Å². The summed E-state index contributed by atoms with van der Waals surface area (Å²) in [6.45, 7) is 1.38. The smallest absolute Gasteiger partial charge is 0.216 e. The maximum atomic E-state index is 9.09. The van der Waals surface area contributed by atoms with Crippen molar-refractivity contribution in [3.8, 4) is 39.4 Å². The number of benzene rings is 3. The summed E-state index contributed by atoms with van der Waals surface area (Å²) in [5, 5.41) is 22.9. The summed E-state index contributed by atoms with van der Waals surface area (Å²) >= 11 is 20.6. The Labute approximate surface area is 244 Å². The quantitative estimate of drug-likeness (QED) is 0.151. The van der Waals surface area contributed by atoms with Crippen LogP contribution in [0.1, 0.15) is 24.0 Å². The zero-order valence-electron chi connectivity index (χ0n) is 21.7. The Morgan fingerprint density at radius 3 is 2.08 bits per heavy atom. The van der Waals surface area contributed by atoms with Crippen molar-refractivity contribution in [2.75, 3.05) is 26.9 Å². The summed E-state index contributed by atoms with van der Waals surface area (Å²) < 4.78 is 5.56. The molecule has 0 bridgehead atoms. The predicted octanol–water partition coefficient (Wildman–Crippen LogP) is 7.45. The lowest BCUT2D eigenvalue weighted by Gasteiger charge is -2.15. The monoisotopic (exact) mass is 584 g/mol. The Balaban J connectivity index is 1.68. The highest BCUT2D eigenvalue weighted by molar-refractivity contribution is 6.40. The van der Waals surface area contributed by atoms with Crippen molar-refractivity contribution in [2.24, 2.45) is 0 Å². The van der Waals surface area contributed by atoms with E-state index in [1.54, 1.807) is 7.11 Å². The van der Waals surface area contributed by atoms with Gasteiger partial charge in [-0.3, -0.25) is 0 Å². The highest BCUT2D eigenvalue weighted by Crippen LogP contribution is 2.43. The van der Waals surface area contributed by atoms with Gasteiger partial charge in [-0.15, -0.1) is 0 Å². The third-order valence-corrected chi connectivity index (χ3v) is 7.62. The number of aryl methyl sites for hydroxylation is 1. The number of rotatable bonds is 12. The van der Waals surface area contributed by atoms with Gasteiger partial charge in [0.05, 0.1) is 29.5 Å². The normalized spacial score (nSPS) is 11.1. The van der Waals surface area contributed by atoms with Crippen LogP contribution in [0.25, 0.3) is 33.5 Å². The molecule has 0 saturated heterocycles. The Morgan fingerprint density at radius 2 is 1.44 bits per heavy atom. The SMILES string of the molecule is COc1nc(-c2cccc(-c3cccc(-c4ccc(CNCCO)cc4Cl)c3Cl)c2Cl)ccc1CCCCO. The molecule has 4 aromatic rings. The van der Waals surface area contributed by atoms with Gasteiger partial charge < -0.3 is 20.3 Å². The van der Waals surface area contributed by atoms with Crippen molar-refractivity contribution in [3.63, 3.8) is 0 Å². The average molecular weight is 586 g/mol. The van der Waals surface area contributed by atoms with Crippen molar-refractivity contribution >= 4 is 34.8 Å². The Kier molecular flexibility index (Phi) is 10.6. The molecule has 0 aliphatic rings. The summed E-state index contributed by atoms with van der Waals surface area (Å²) in [7, 11) is 1.61. The summed E-state index contributed by atoms with van der Waals surface area (Å²) in [5.41, 5.74) is 6.69. The minimum Gasteiger partial charge on any atom is -0.481 e. The van der Waals surface area contributed by atoms with E-state index in [1.165, 1.54) is 0 Å². The fraction of sp³-hybridized carbons (Fsp3) is 0.258. The first kappa shape index (κ1) is 29.3. The Hall–Kier alpha value is -2.64. The van der Waals surface area contributed by atoms with E-state index in [0.29, 0.717) is 39.7 Å². The molecule has 3 N–H and O–H groups in total. The first-order valence-corrected chi connectivity index (χ1v) is 13.9. The molecule has 4 rings (SSSR count). The van der Waals surface area contributed by atoms with Gasteiger partial charge in [0, 0.05) is 58.1 Å². The van der Waals surface area contributed by atoms with Crippen LogP contribution in [0.5, 0.6) is 5.88 Å². The van der Waals surface area contributed by atoms with Crippen LogP contribution in [-0.4, -0.2) is 42.1 Å². The molecule has 3 aromatic carbocycles. The van der Waals surface area contributed by atoms with Crippen LogP contribution in [-0.2, 0) is 13.0 Å². The molecule has 204 valence electrons. The number of nitrogens with zero attached hydrogens (tertiary/aromatic N) is 1. The zero-order valence-corrected chi connectivity index (χ0v) is 24.0. The van der Waals surface area contributed by atoms with E-state index in [1.807, 2.05) is 66.7 Å². The van der Waals surface area contributed by atoms with Crippen LogP contribution in [0.3, 0.4) is 0 Å². The first-order chi connectivity index (χ1) is 19.0. The molecule has 0 fully saturated rings. The lowest BCUT2D eigenvalue weighted by molar-refractivity contribution is 0.284. The van der Waals surface area contributed by atoms with Gasteiger partial charge in [-0.25, -0.2) is 4.98 Å². The van der Waals surface area contributed by atoms with Gasteiger partial charge in [-0.05, 0) is 37.0 Å². The van der Waals surface area contributed by atoms with Gasteiger partial charge in [-0.2, -0.15) is 0 Å². The minimum absolute atomic E-state index is 0.0817. The van der Waals surface area contributed by atoms with E-state index in [-0.39, 0.29) is 13.2 Å². The Bertz CT molecular complexity index is 1430. The van der Waals surface area contributed by atoms with Crippen LogP contribution < -0.4 is 10.1 Å². The minimum atomic E-state index is 0.0817. The third-order valence-electron chi connectivity index (χ3n) is 6.49. The molecule has 0 saturated carbocycles. The molecular weight excluding hydrogens is 555 g/mol. The predicted molar refractivity (Wildman–Crippen MR) is 161 cm³/mol. The number of hydrogen-bond donors (Lipinski definition) is 3. The molecule has 39 heavy (non-hydrogen) atoms. The number of ether oxygens (including phenoxy) is 1. The van der Waals surface area contributed by atoms with E-state index in [4.69, 9.17) is 54.7 Å². The van der Waals surface area contributed by atoms with Crippen molar-refractivity contribution in [2.45, 2.75) is 25.8 Å². The molecule has 0 spiro atoms. The molecule has 0 atom stereocenters. The summed E-state index contributed by atoms with van der Waals surface area (Å²) in [5.74, 6) is 0.552. The standard InChI is InChI=1S/C31H31Cl3N2O3/c1-39-31-21(6-2-3-16-37)12-14-28(36-31)26-10-5-9-25(30(26)34)24-8-4-7-23(29(24)33)22-13-11-20(18-27(22)32)19-35-15-17-38/h4-5,7-14,18,35,37-38H,2-3,6,15-17,19H2,1H3. The lowest BCUT2D eigenvalue weighted by atomic mass is 9.96. The van der Waals surface area contributed by atoms with Crippen LogP contribution in [0, 0.1) is 0 Å². The number of nitrogens with one attached hydrogen (secondary N) is 1. The number of aromatic nitrogens is 1. The van der Waals surface area contributed by atoms with Crippen molar-refractivity contribution in [1.29, 1.82) is 0 Å². The molecular formula is C31H31Cl3N2O3. The molecule has 1 heterocycles. The van der Waals surface area contributed by atoms with E-state index >= 15 is 0 Å². The van der Waals surface area contributed by atoms with Crippen LogP contribution >= 0.6 is 34.8 Å². The average Bonchev–Trinajstić information content (AvgIpc) is 2.94. The lowest BCUT2D eigenvalue weighted by Crippen LogP contribution is -2.17. The van der Waals surface area contributed by atoms with E-state index in [2.05, 4.69) is 5.32 Å². The van der Waals surface area contributed by atoms with Gasteiger partial charge in [0.15, 0.2) is 0 Å². The number of aliphatic hydroxyl groups excluding tert-OH is 2. The number of halogens is 3. The van der Waals surface area contributed by atoms with Crippen LogP contribution in [0.2, 0.25) is 15.1 Å². The van der Waals surface area contributed by atoms with Gasteiger partial charge in [0.1, 0.15) is 0 Å². The number of methoxy groups -OCH3 is 1. The van der Waals surface area contributed by atoms with Crippen molar-refractivity contribution < 1.29 is 14.9 Å². The molecule has 0 aliphatic heterocycles. The molecule has 8 heteroatoms. The van der Waals surface area contributed by atoms with E-state index < -0.39 is 0 Å². The van der Waals surface area contributed by atoms with E-state index in [9.17, 15) is 0 Å². The second-order valence-corrected chi connectivity index (χ2v) is 10.3. The summed E-state index contributed by atoms with van der Waals surface area (Å²) in [4.78, 5) is 4.73. The van der Waals surface area contributed by atoms with Gasteiger partial charge in [0.2, 0.25) is 5.88 Å². The van der Waals surface area contributed by atoms with Gasteiger partial charge >= 0.3 is 0 Å². The number of aliphatic hydroxyl groups is 2. The summed E-state index contributed by atoms with van der Waals surface area (Å²) in [6.07, 6.45) is 2.36. The fourth-order valence-corrected chi connectivity index (χ4v) is 5.46. The largest absolute Gasteiger partial charge is 0.481 e. The number of unbranched alkanes of at least 4 members (excludes halogenated alkanes) is 1. The third kappa shape index (κ3) is 6.93. The summed E-state index contributed by atoms with van der Waals surface area (Å²) in [6, 6.07) is 21.4. The fourth-order valence-electron chi connectivity index (χ4n) is 4.50. The van der Waals surface area contributed by atoms with Crippen molar-refractivity contribution in [1.82, 2.24) is 10.3 Å². The number of pyridine rings is 1. The molecule has 0 unspecified atom stereocenters. The topological polar surface area (TPSA) is 74.6 Å². The van der Waals surface area contributed by atoms with Crippen LogP contribution in [0.15, 0.2) is 66.7 Å². The van der Waals surface area contributed by atoms with Gasteiger partial charge in [-0.1, -0.05) is 89.4 Å². The molecule has 5 nitrogen and oxygen atoms in total.